The van der Waals surface area contributed by atoms with Crippen molar-refractivity contribution in [3.05, 3.63) is 71.8 Å². The molecule has 0 aliphatic heterocycles. The van der Waals surface area contributed by atoms with Crippen molar-refractivity contribution in [2.24, 2.45) is 5.84 Å². The van der Waals surface area contributed by atoms with E-state index in [2.05, 4.69) is 27.5 Å². The SMILES string of the molecule is Cc1cccc(C(NN)c2cccc3ccncc23)n1. The Balaban J connectivity index is 2.17. The van der Waals surface area contributed by atoms with Crippen molar-refractivity contribution in [1.82, 2.24) is 15.4 Å². The standard InChI is InChI=1S/C16H16N4/c1-11-4-2-7-15(19-11)16(20-17)13-6-3-5-12-8-9-18-10-14(12)13/h2-10,16,20H,17H2,1H3. The van der Waals surface area contributed by atoms with Crippen LogP contribution in [0, 0.1) is 6.92 Å². The fourth-order valence-corrected chi connectivity index (χ4v) is 2.45. The molecular formula is C16H16N4. The zero-order valence-electron chi connectivity index (χ0n) is 11.2. The van der Waals surface area contributed by atoms with Gasteiger partial charge in [-0.2, -0.15) is 0 Å². The summed E-state index contributed by atoms with van der Waals surface area (Å²) in [4.78, 5) is 8.78. The molecule has 3 N–H and O–H groups in total. The number of hydrogen-bond donors (Lipinski definition) is 2. The summed E-state index contributed by atoms with van der Waals surface area (Å²) in [5.74, 6) is 5.77. The fourth-order valence-electron chi connectivity index (χ4n) is 2.45. The van der Waals surface area contributed by atoms with Crippen LogP contribution in [-0.4, -0.2) is 9.97 Å². The summed E-state index contributed by atoms with van der Waals surface area (Å²) < 4.78 is 0. The highest BCUT2D eigenvalue weighted by molar-refractivity contribution is 5.85. The van der Waals surface area contributed by atoms with Crippen LogP contribution in [0.4, 0.5) is 0 Å². The maximum Gasteiger partial charge on any atom is 0.0888 e. The average molecular weight is 264 g/mol. The molecule has 1 aromatic carbocycles. The molecule has 0 fully saturated rings. The van der Waals surface area contributed by atoms with Gasteiger partial charge in [-0.25, -0.2) is 5.43 Å². The molecule has 0 spiro atoms. The van der Waals surface area contributed by atoms with E-state index in [0.29, 0.717) is 0 Å². The Morgan fingerprint density at radius 1 is 1.10 bits per heavy atom. The Bertz CT molecular complexity index is 734. The maximum atomic E-state index is 5.77. The van der Waals surface area contributed by atoms with E-state index in [1.807, 2.05) is 43.5 Å². The van der Waals surface area contributed by atoms with E-state index in [-0.39, 0.29) is 6.04 Å². The van der Waals surface area contributed by atoms with Crippen molar-refractivity contribution in [3.8, 4) is 0 Å². The average Bonchev–Trinajstić information content (AvgIpc) is 2.48. The highest BCUT2D eigenvalue weighted by Crippen LogP contribution is 2.27. The van der Waals surface area contributed by atoms with E-state index < -0.39 is 0 Å². The summed E-state index contributed by atoms with van der Waals surface area (Å²) in [7, 11) is 0. The Kier molecular flexibility index (Phi) is 3.41. The van der Waals surface area contributed by atoms with Gasteiger partial charge in [0.1, 0.15) is 0 Å². The Morgan fingerprint density at radius 2 is 1.95 bits per heavy atom. The lowest BCUT2D eigenvalue weighted by molar-refractivity contribution is 0.623. The minimum Gasteiger partial charge on any atom is -0.271 e. The summed E-state index contributed by atoms with van der Waals surface area (Å²) in [6.07, 6.45) is 3.66. The summed E-state index contributed by atoms with van der Waals surface area (Å²) in [6, 6.07) is 13.9. The van der Waals surface area contributed by atoms with E-state index in [1.165, 1.54) is 0 Å². The molecule has 4 nitrogen and oxygen atoms in total. The predicted molar refractivity (Wildman–Crippen MR) is 79.9 cm³/mol. The summed E-state index contributed by atoms with van der Waals surface area (Å²) in [5, 5.41) is 2.23. The highest BCUT2D eigenvalue weighted by Gasteiger charge is 2.16. The van der Waals surface area contributed by atoms with Gasteiger partial charge < -0.3 is 0 Å². The molecule has 0 saturated heterocycles. The van der Waals surface area contributed by atoms with Crippen LogP contribution in [-0.2, 0) is 0 Å². The highest BCUT2D eigenvalue weighted by atomic mass is 15.2. The Morgan fingerprint density at radius 3 is 2.75 bits per heavy atom. The van der Waals surface area contributed by atoms with Crippen LogP contribution >= 0.6 is 0 Å². The third kappa shape index (κ3) is 2.27. The first kappa shape index (κ1) is 12.7. The van der Waals surface area contributed by atoms with Gasteiger partial charge >= 0.3 is 0 Å². The quantitative estimate of drug-likeness (QED) is 0.563. The first-order chi connectivity index (χ1) is 9.79. The van der Waals surface area contributed by atoms with Crippen LogP contribution in [0.2, 0.25) is 0 Å². The Hall–Kier alpha value is -2.30. The molecule has 0 bridgehead atoms. The van der Waals surface area contributed by atoms with Crippen LogP contribution in [0.15, 0.2) is 54.9 Å². The van der Waals surface area contributed by atoms with Crippen LogP contribution < -0.4 is 11.3 Å². The molecule has 1 atom stereocenters. The largest absolute Gasteiger partial charge is 0.271 e. The fraction of sp³-hybridized carbons (Fsp3) is 0.125. The van der Waals surface area contributed by atoms with Crippen molar-refractivity contribution < 1.29 is 0 Å². The van der Waals surface area contributed by atoms with Crippen LogP contribution in [0.1, 0.15) is 23.0 Å². The predicted octanol–water partition coefficient (Wildman–Crippen LogP) is 2.49. The van der Waals surface area contributed by atoms with Crippen molar-refractivity contribution in [3.63, 3.8) is 0 Å². The molecule has 4 heteroatoms. The monoisotopic (exact) mass is 264 g/mol. The van der Waals surface area contributed by atoms with Crippen molar-refractivity contribution in [1.29, 1.82) is 0 Å². The summed E-state index contributed by atoms with van der Waals surface area (Å²) in [5.41, 5.74) is 5.82. The molecule has 1 unspecified atom stereocenters. The molecule has 20 heavy (non-hydrogen) atoms. The van der Waals surface area contributed by atoms with Gasteiger partial charge in [0.25, 0.3) is 0 Å². The normalized spacial score (nSPS) is 12.5. The second-order valence-corrected chi connectivity index (χ2v) is 4.75. The lowest BCUT2D eigenvalue weighted by Gasteiger charge is -2.18. The molecule has 0 aliphatic carbocycles. The van der Waals surface area contributed by atoms with E-state index in [1.54, 1.807) is 6.20 Å². The van der Waals surface area contributed by atoms with E-state index >= 15 is 0 Å². The van der Waals surface area contributed by atoms with E-state index in [9.17, 15) is 0 Å². The second kappa shape index (κ2) is 5.36. The van der Waals surface area contributed by atoms with Gasteiger partial charge in [-0.1, -0.05) is 24.3 Å². The zero-order chi connectivity index (χ0) is 13.9. The molecule has 0 aliphatic rings. The second-order valence-electron chi connectivity index (χ2n) is 4.75. The molecule has 0 radical (unpaired) electrons. The lowest BCUT2D eigenvalue weighted by atomic mass is 9.98. The van der Waals surface area contributed by atoms with Crippen LogP contribution in [0.5, 0.6) is 0 Å². The molecule has 0 amide bonds. The number of hydrogen-bond acceptors (Lipinski definition) is 4. The number of aromatic nitrogens is 2. The lowest BCUT2D eigenvalue weighted by Crippen LogP contribution is -2.29. The number of nitrogens with zero attached hydrogens (tertiary/aromatic N) is 2. The Labute approximate surface area is 117 Å². The number of fused-ring (bicyclic) bond motifs is 1. The minimum atomic E-state index is -0.150. The van der Waals surface area contributed by atoms with E-state index in [0.717, 1.165) is 27.7 Å². The number of hydrazine groups is 1. The smallest absolute Gasteiger partial charge is 0.0888 e. The molecule has 3 aromatic rings. The van der Waals surface area contributed by atoms with Gasteiger partial charge in [0.05, 0.1) is 11.7 Å². The molecule has 3 rings (SSSR count). The van der Waals surface area contributed by atoms with E-state index in [4.69, 9.17) is 5.84 Å². The van der Waals surface area contributed by atoms with Gasteiger partial charge in [-0.15, -0.1) is 0 Å². The summed E-state index contributed by atoms with van der Waals surface area (Å²) >= 11 is 0. The number of aryl methyl sites for hydroxylation is 1. The molecule has 2 heterocycles. The molecule has 0 saturated carbocycles. The molecule has 2 aromatic heterocycles. The third-order valence-corrected chi connectivity index (χ3v) is 3.40. The van der Waals surface area contributed by atoms with Gasteiger partial charge in [0, 0.05) is 23.5 Å². The minimum absolute atomic E-state index is 0.150. The van der Waals surface area contributed by atoms with Gasteiger partial charge in [0.15, 0.2) is 0 Å². The number of benzene rings is 1. The van der Waals surface area contributed by atoms with Gasteiger partial charge in [-0.05, 0) is 36.1 Å². The maximum absolute atomic E-state index is 5.77. The first-order valence-corrected chi connectivity index (χ1v) is 6.52. The van der Waals surface area contributed by atoms with Crippen LogP contribution in [0.25, 0.3) is 10.8 Å². The number of nitrogens with one attached hydrogen (secondary N) is 1. The van der Waals surface area contributed by atoms with Crippen molar-refractivity contribution >= 4 is 10.8 Å². The van der Waals surface area contributed by atoms with Gasteiger partial charge in [-0.3, -0.25) is 15.8 Å². The number of nitrogens with two attached hydrogens (primary N) is 1. The summed E-state index contributed by atoms with van der Waals surface area (Å²) in [6.45, 7) is 1.97. The number of rotatable bonds is 3. The number of pyridine rings is 2. The van der Waals surface area contributed by atoms with Crippen molar-refractivity contribution in [2.45, 2.75) is 13.0 Å². The first-order valence-electron chi connectivity index (χ1n) is 6.52. The molecular weight excluding hydrogens is 248 g/mol. The van der Waals surface area contributed by atoms with Crippen LogP contribution in [0.3, 0.4) is 0 Å². The topological polar surface area (TPSA) is 63.8 Å². The van der Waals surface area contributed by atoms with Gasteiger partial charge in [0.2, 0.25) is 0 Å². The third-order valence-electron chi connectivity index (χ3n) is 3.40. The van der Waals surface area contributed by atoms with Crippen molar-refractivity contribution in [2.75, 3.05) is 0 Å². The molecule has 100 valence electrons. The zero-order valence-corrected chi connectivity index (χ0v) is 11.2.